The quantitative estimate of drug-likeness (QED) is 0.878. The summed E-state index contributed by atoms with van der Waals surface area (Å²) in [4.78, 5) is 14.8. The first-order valence-corrected chi connectivity index (χ1v) is 9.38. The maximum Gasteiger partial charge on any atom is 0.272 e. The zero-order valence-corrected chi connectivity index (χ0v) is 16.2. The average Bonchev–Trinajstić information content (AvgIpc) is 2.96. The van der Waals surface area contributed by atoms with Crippen molar-refractivity contribution in [2.24, 2.45) is 5.92 Å². The molecule has 1 aliphatic rings. The SMILES string of the molecule is Cc1ccc(-c2n[nH]c(C(=O)N3CCC(CC(C)(C)O)CC3)c2C)cc1. The van der Waals surface area contributed by atoms with Crippen molar-refractivity contribution in [1.29, 1.82) is 0 Å². The zero-order valence-electron chi connectivity index (χ0n) is 16.2. The molecular weight excluding hydrogens is 326 g/mol. The minimum Gasteiger partial charge on any atom is -0.390 e. The van der Waals surface area contributed by atoms with Crippen LogP contribution >= 0.6 is 0 Å². The molecule has 5 nitrogen and oxygen atoms in total. The van der Waals surface area contributed by atoms with E-state index in [-0.39, 0.29) is 5.91 Å². The number of aromatic nitrogens is 2. The van der Waals surface area contributed by atoms with Crippen molar-refractivity contribution >= 4 is 5.91 Å². The Morgan fingerprint density at radius 3 is 2.42 bits per heavy atom. The fourth-order valence-corrected chi connectivity index (χ4v) is 3.80. The number of benzene rings is 1. The summed E-state index contributed by atoms with van der Waals surface area (Å²) in [5, 5.41) is 17.3. The number of hydrogen-bond acceptors (Lipinski definition) is 3. The molecule has 1 aromatic heterocycles. The Balaban J connectivity index is 1.69. The van der Waals surface area contributed by atoms with Crippen LogP contribution in [-0.2, 0) is 0 Å². The number of H-pyrrole nitrogens is 1. The maximum absolute atomic E-state index is 12.9. The molecule has 140 valence electrons. The standard InChI is InChI=1S/C21H29N3O2/c1-14-5-7-17(8-6-14)18-15(2)19(23-22-18)20(25)24-11-9-16(10-12-24)13-21(3,4)26/h5-8,16,26H,9-13H2,1-4H3,(H,22,23). The maximum atomic E-state index is 12.9. The highest BCUT2D eigenvalue weighted by atomic mass is 16.3. The molecule has 0 spiro atoms. The number of carbonyl (C=O) groups excluding carboxylic acids is 1. The lowest BCUT2D eigenvalue weighted by molar-refractivity contribution is 0.0356. The molecule has 5 heteroatoms. The molecule has 1 amide bonds. The molecule has 2 N–H and O–H groups in total. The number of piperidine rings is 1. The van der Waals surface area contributed by atoms with E-state index in [1.54, 1.807) is 0 Å². The third-order valence-electron chi connectivity index (χ3n) is 5.24. The second-order valence-electron chi connectivity index (χ2n) is 8.19. The number of amides is 1. The number of aliphatic hydroxyl groups is 1. The van der Waals surface area contributed by atoms with Crippen molar-refractivity contribution in [3.05, 3.63) is 41.1 Å². The van der Waals surface area contributed by atoms with Gasteiger partial charge in [0.25, 0.3) is 5.91 Å². The topological polar surface area (TPSA) is 69.2 Å². The van der Waals surface area contributed by atoms with Gasteiger partial charge in [-0.15, -0.1) is 0 Å². The number of likely N-dealkylation sites (tertiary alicyclic amines) is 1. The Labute approximate surface area is 155 Å². The van der Waals surface area contributed by atoms with Gasteiger partial charge < -0.3 is 10.0 Å². The van der Waals surface area contributed by atoms with Crippen molar-refractivity contribution in [3.8, 4) is 11.3 Å². The van der Waals surface area contributed by atoms with Crippen LogP contribution in [0.3, 0.4) is 0 Å². The second-order valence-corrected chi connectivity index (χ2v) is 8.19. The molecule has 26 heavy (non-hydrogen) atoms. The Morgan fingerprint density at radius 1 is 1.23 bits per heavy atom. The molecule has 1 fully saturated rings. The molecule has 0 saturated carbocycles. The van der Waals surface area contributed by atoms with Gasteiger partial charge >= 0.3 is 0 Å². The fourth-order valence-electron chi connectivity index (χ4n) is 3.80. The van der Waals surface area contributed by atoms with Gasteiger partial charge in [0.1, 0.15) is 5.69 Å². The van der Waals surface area contributed by atoms with Crippen LogP contribution < -0.4 is 0 Å². The molecular formula is C21H29N3O2. The van der Waals surface area contributed by atoms with Gasteiger partial charge in [0.05, 0.1) is 11.3 Å². The Kier molecular flexibility index (Phi) is 5.19. The molecule has 1 aliphatic heterocycles. The van der Waals surface area contributed by atoms with Gasteiger partial charge in [0.2, 0.25) is 0 Å². The van der Waals surface area contributed by atoms with Crippen LogP contribution in [0, 0.1) is 19.8 Å². The van der Waals surface area contributed by atoms with Gasteiger partial charge in [0.15, 0.2) is 0 Å². The van der Waals surface area contributed by atoms with Crippen molar-refractivity contribution in [2.45, 2.75) is 52.6 Å². The highest BCUT2D eigenvalue weighted by molar-refractivity contribution is 5.95. The summed E-state index contributed by atoms with van der Waals surface area (Å²) < 4.78 is 0. The Hall–Kier alpha value is -2.14. The first kappa shape index (κ1) is 18.6. The summed E-state index contributed by atoms with van der Waals surface area (Å²) in [6.45, 7) is 9.18. The molecule has 1 saturated heterocycles. The molecule has 0 radical (unpaired) electrons. The van der Waals surface area contributed by atoms with E-state index in [0.717, 1.165) is 49.2 Å². The number of aryl methyl sites for hydroxylation is 1. The molecule has 0 atom stereocenters. The predicted molar refractivity (Wildman–Crippen MR) is 103 cm³/mol. The molecule has 0 unspecified atom stereocenters. The van der Waals surface area contributed by atoms with Crippen LogP contribution in [0.4, 0.5) is 0 Å². The number of rotatable bonds is 4. The van der Waals surface area contributed by atoms with E-state index in [9.17, 15) is 9.90 Å². The van der Waals surface area contributed by atoms with Gasteiger partial charge in [-0.3, -0.25) is 9.89 Å². The number of nitrogens with one attached hydrogen (secondary N) is 1. The summed E-state index contributed by atoms with van der Waals surface area (Å²) in [6.07, 6.45) is 2.66. The Bertz CT molecular complexity index is 764. The summed E-state index contributed by atoms with van der Waals surface area (Å²) in [5.41, 5.74) is 3.91. The number of aromatic amines is 1. The lowest BCUT2D eigenvalue weighted by Crippen LogP contribution is -2.40. The molecule has 2 aromatic rings. The highest BCUT2D eigenvalue weighted by Gasteiger charge is 2.29. The third kappa shape index (κ3) is 4.15. The summed E-state index contributed by atoms with van der Waals surface area (Å²) >= 11 is 0. The smallest absolute Gasteiger partial charge is 0.272 e. The van der Waals surface area contributed by atoms with E-state index in [0.29, 0.717) is 11.6 Å². The number of nitrogens with zero attached hydrogens (tertiary/aromatic N) is 2. The Morgan fingerprint density at radius 2 is 1.85 bits per heavy atom. The molecule has 0 bridgehead atoms. The van der Waals surface area contributed by atoms with E-state index in [2.05, 4.69) is 29.3 Å². The lowest BCUT2D eigenvalue weighted by atomic mass is 9.86. The summed E-state index contributed by atoms with van der Waals surface area (Å²) in [5.74, 6) is 0.500. The van der Waals surface area contributed by atoms with E-state index >= 15 is 0 Å². The van der Waals surface area contributed by atoms with Crippen molar-refractivity contribution in [3.63, 3.8) is 0 Å². The van der Waals surface area contributed by atoms with Crippen LogP contribution in [0.2, 0.25) is 0 Å². The first-order chi connectivity index (χ1) is 12.2. The molecule has 3 rings (SSSR count). The minimum absolute atomic E-state index is 0.0232. The van der Waals surface area contributed by atoms with Crippen LogP contribution in [-0.4, -0.2) is 44.8 Å². The van der Waals surface area contributed by atoms with Gasteiger partial charge in [-0.05, 0) is 52.9 Å². The molecule has 2 heterocycles. The average molecular weight is 355 g/mol. The van der Waals surface area contributed by atoms with Crippen molar-refractivity contribution in [2.75, 3.05) is 13.1 Å². The zero-order chi connectivity index (χ0) is 18.9. The first-order valence-electron chi connectivity index (χ1n) is 9.38. The molecule has 0 aliphatic carbocycles. The fraction of sp³-hybridized carbons (Fsp3) is 0.524. The van der Waals surface area contributed by atoms with Crippen LogP contribution in [0.5, 0.6) is 0 Å². The van der Waals surface area contributed by atoms with E-state index < -0.39 is 5.60 Å². The van der Waals surface area contributed by atoms with E-state index in [4.69, 9.17) is 0 Å². The van der Waals surface area contributed by atoms with Crippen molar-refractivity contribution < 1.29 is 9.90 Å². The largest absolute Gasteiger partial charge is 0.390 e. The summed E-state index contributed by atoms with van der Waals surface area (Å²) in [7, 11) is 0. The second kappa shape index (κ2) is 7.23. The van der Waals surface area contributed by atoms with E-state index in [1.807, 2.05) is 37.8 Å². The number of carbonyl (C=O) groups is 1. The van der Waals surface area contributed by atoms with Crippen molar-refractivity contribution in [1.82, 2.24) is 15.1 Å². The van der Waals surface area contributed by atoms with Gasteiger partial charge in [0, 0.05) is 24.2 Å². The summed E-state index contributed by atoms with van der Waals surface area (Å²) in [6, 6.07) is 8.18. The highest BCUT2D eigenvalue weighted by Crippen LogP contribution is 2.28. The van der Waals surface area contributed by atoms with Gasteiger partial charge in [-0.25, -0.2) is 0 Å². The van der Waals surface area contributed by atoms with Gasteiger partial charge in [-0.1, -0.05) is 29.8 Å². The van der Waals surface area contributed by atoms with E-state index in [1.165, 1.54) is 5.56 Å². The van der Waals surface area contributed by atoms with Crippen LogP contribution in [0.25, 0.3) is 11.3 Å². The third-order valence-corrected chi connectivity index (χ3v) is 5.24. The predicted octanol–water partition coefficient (Wildman–Crippen LogP) is 3.71. The van der Waals surface area contributed by atoms with Gasteiger partial charge in [-0.2, -0.15) is 5.10 Å². The van der Waals surface area contributed by atoms with Crippen LogP contribution in [0.15, 0.2) is 24.3 Å². The van der Waals surface area contributed by atoms with Crippen LogP contribution in [0.1, 0.15) is 54.7 Å². The monoisotopic (exact) mass is 355 g/mol. The lowest BCUT2D eigenvalue weighted by Gasteiger charge is -2.34. The number of hydrogen-bond donors (Lipinski definition) is 2. The normalized spacial score (nSPS) is 16.1. The minimum atomic E-state index is -0.639. The molecule has 1 aromatic carbocycles.